The normalized spacial score (nSPS) is 35.7. The fraction of sp³-hybridized carbons (Fsp3) is 0.667. The molecule has 2 atom stereocenters. The number of hydrogen-bond acceptors (Lipinski definition) is 3. The first kappa shape index (κ1) is 8.17. The summed E-state index contributed by atoms with van der Waals surface area (Å²) in [6, 6.07) is 0. The third-order valence-corrected chi connectivity index (χ3v) is 3.71. The maximum Gasteiger partial charge on any atom is 0.344 e. The van der Waals surface area contributed by atoms with E-state index in [1.807, 2.05) is 0 Å². The van der Waals surface area contributed by atoms with Crippen LogP contribution in [0.1, 0.15) is 25.7 Å². The van der Waals surface area contributed by atoms with Gasteiger partial charge in [-0.05, 0) is 19.3 Å². The van der Waals surface area contributed by atoms with E-state index >= 15 is 0 Å². The summed E-state index contributed by atoms with van der Waals surface area (Å²) in [5, 5.41) is 0.490. The molecule has 2 rings (SSSR count). The number of hydrogen-bond donors (Lipinski definition) is 0. The van der Waals surface area contributed by atoms with Gasteiger partial charge in [-0.25, -0.2) is 4.79 Å². The van der Waals surface area contributed by atoms with Gasteiger partial charge < -0.3 is 4.74 Å². The Labute approximate surface area is 76.4 Å². The number of carbonyl (C=O) groups is 1. The second-order valence-corrected chi connectivity index (χ2v) is 4.64. The van der Waals surface area contributed by atoms with Gasteiger partial charge in [-0.3, -0.25) is 0 Å². The number of fused-ring (bicyclic) bond motifs is 1. The summed E-state index contributed by atoms with van der Waals surface area (Å²) in [7, 11) is 0. The minimum atomic E-state index is -0.205. The zero-order valence-electron chi connectivity index (χ0n) is 6.91. The molecular formula is C9H12O2S. The number of ether oxygens (including phenoxy) is 1. The van der Waals surface area contributed by atoms with Crippen LogP contribution in [0.5, 0.6) is 0 Å². The molecule has 2 unspecified atom stereocenters. The predicted octanol–water partition coefficient (Wildman–Crippen LogP) is 2.10. The van der Waals surface area contributed by atoms with Gasteiger partial charge in [-0.15, -0.1) is 11.8 Å². The Hall–Kier alpha value is -0.440. The van der Waals surface area contributed by atoms with Gasteiger partial charge in [-0.2, -0.15) is 0 Å². The lowest BCUT2D eigenvalue weighted by Crippen LogP contribution is -2.36. The number of carbonyl (C=O) groups excluding carboxylic acids is 1. The van der Waals surface area contributed by atoms with E-state index < -0.39 is 0 Å². The van der Waals surface area contributed by atoms with E-state index in [1.54, 1.807) is 11.8 Å². The first-order valence-electron chi connectivity index (χ1n) is 4.34. The molecule has 0 amide bonds. The zero-order valence-corrected chi connectivity index (χ0v) is 7.73. The summed E-state index contributed by atoms with van der Waals surface area (Å²) in [6.07, 6.45) is 4.83. The van der Waals surface area contributed by atoms with Crippen molar-refractivity contribution >= 4 is 17.7 Å². The molecule has 0 bridgehead atoms. The molecule has 0 aromatic heterocycles. The summed E-state index contributed by atoms with van der Waals surface area (Å²) in [5.41, 5.74) is 0. The van der Waals surface area contributed by atoms with E-state index in [2.05, 4.69) is 6.58 Å². The maximum atomic E-state index is 11.1. The molecule has 0 spiro atoms. The van der Waals surface area contributed by atoms with Crippen LogP contribution in [-0.2, 0) is 9.53 Å². The van der Waals surface area contributed by atoms with Crippen molar-refractivity contribution in [2.45, 2.75) is 37.0 Å². The van der Waals surface area contributed by atoms with E-state index in [1.165, 1.54) is 19.3 Å². The second kappa shape index (κ2) is 3.13. The van der Waals surface area contributed by atoms with Crippen molar-refractivity contribution in [1.82, 2.24) is 0 Å². The minimum Gasteiger partial charge on any atom is -0.457 e. The number of thioether (sulfide) groups is 1. The van der Waals surface area contributed by atoms with Crippen molar-refractivity contribution in [3.63, 3.8) is 0 Å². The average Bonchev–Trinajstić information content (AvgIpc) is 2.07. The number of esters is 1. The lowest BCUT2D eigenvalue weighted by Gasteiger charge is -2.34. The van der Waals surface area contributed by atoms with Crippen LogP contribution in [0, 0.1) is 0 Å². The molecule has 1 heterocycles. The Morgan fingerprint density at radius 1 is 1.42 bits per heavy atom. The van der Waals surface area contributed by atoms with E-state index in [0.29, 0.717) is 10.2 Å². The SMILES string of the molecule is C=C1SC2CCCCC2OC1=O. The Morgan fingerprint density at radius 3 is 3.00 bits per heavy atom. The van der Waals surface area contributed by atoms with Crippen LogP contribution in [0.4, 0.5) is 0 Å². The van der Waals surface area contributed by atoms with Gasteiger partial charge in [-0.1, -0.05) is 13.0 Å². The van der Waals surface area contributed by atoms with E-state index in [4.69, 9.17) is 4.74 Å². The molecule has 2 nitrogen and oxygen atoms in total. The molecule has 1 aliphatic carbocycles. The smallest absolute Gasteiger partial charge is 0.344 e. The summed E-state index contributed by atoms with van der Waals surface area (Å²) >= 11 is 1.61. The highest BCUT2D eigenvalue weighted by Crippen LogP contribution is 2.38. The fourth-order valence-corrected chi connectivity index (χ4v) is 2.90. The van der Waals surface area contributed by atoms with E-state index in [0.717, 1.165) is 6.42 Å². The standard InChI is InChI=1S/C9H12O2S/c1-6-9(10)11-7-4-2-3-5-8(7)12-6/h7-8H,1-5H2. The molecular weight excluding hydrogens is 172 g/mol. The predicted molar refractivity (Wildman–Crippen MR) is 48.9 cm³/mol. The van der Waals surface area contributed by atoms with Crippen LogP contribution in [0.15, 0.2) is 11.5 Å². The van der Waals surface area contributed by atoms with E-state index in [9.17, 15) is 4.79 Å². The fourth-order valence-electron chi connectivity index (χ4n) is 1.77. The van der Waals surface area contributed by atoms with Crippen LogP contribution in [-0.4, -0.2) is 17.3 Å². The molecule has 1 aliphatic heterocycles. The summed E-state index contributed by atoms with van der Waals surface area (Å²) in [4.78, 5) is 11.7. The lowest BCUT2D eigenvalue weighted by molar-refractivity contribution is -0.145. The molecule has 12 heavy (non-hydrogen) atoms. The lowest BCUT2D eigenvalue weighted by atomic mass is 9.97. The average molecular weight is 184 g/mol. The molecule has 0 radical (unpaired) electrons. The summed E-state index contributed by atoms with van der Waals surface area (Å²) in [5.74, 6) is -0.205. The highest BCUT2D eigenvalue weighted by molar-refractivity contribution is 8.04. The van der Waals surface area contributed by atoms with Gasteiger partial charge >= 0.3 is 5.97 Å². The van der Waals surface area contributed by atoms with Crippen LogP contribution in [0.25, 0.3) is 0 Å². The molecule has 3 heteroatoms. The molecule has 0 aromatic rings. The topological polar surface area (TPSA) is 26.3 Å². The minimum absolute atomic E-state index is 0.168. The Kier molecular flexibility index (Phi) is 2.13. The number of rotatable bonds is 0. The third kappa shape index (κ3) is 1.38. The van der Waals surface area contributed by atoms with Crippen molar-refractivity contribution in [1.29, 1.82) is 0 Å². The highest BCUT2D eigenvalue weighted by atomic mass is 32.2. The van der Waals surface area contributed by atoms with Crippen LogP contribution in [0.2, 0.25) is 0 Å². The molecule has 1 saturated carbocycles. The van der Waals surface area contributed by atoms with Crippen molar-refractivity contribution in [2.24, 2.45) is 0 Å². The van der Waals surface area contributed by atoms with Gasteiger partial charge in [0.25, 0.3) is 0 Å². The zero-order chi connectivity index (χ0) is 8.55. The van der Waals surface area contributed by atoms with Crippen molar-refractivity contribution in [3.05, 3.63) is 11.5 Å². The van der Waals surface area contributed by atoms with E-state index in [-0.39, 0.29) is 12.1 Å². The Morgan fingerprint density at radius 2 is 2.17 bits per heavy atom. The first-order chi connectivity index (χ1) is 5.77. The van der Waals surface area contributed by atoms with Crippen LogP contribution >= 0.6 is 11.8 Å². The second-order valence-electron chi connectivity index (χ2n) is 3.31. The maximum absolute atomic E-state index is 11.1. The van der Waals surface area contributed by atoms with Gasteiger partial charge in [0.15, 0.2) is 0 Å². The van der Waals surface area contributed by atoms with Gasteiger partial charge in [0.2, 0.25) is 0 Å². The molecule has 0 N–H and O–H groups in total. The largest absolute Gasteiger partial charge is 0.457 e. The first-order valence-corrected chi connectivity index (χ1v) is 5.22. The Balaban J connectivity index is 2.07. The molecule has 2 fully saturated rings. The molecule has 2 aliphatic rings. The van der Waals surface area contributed by atoms with Crippen LogP contribution < -0.4 is 0 Å². The van der Waals surface area contributed by atoms with Gasteiger partial charge in [0.1, 0.15) is 6.10 Å². The van der Waals surface area contributed by atoms with Crippen molar-refractivity contribution in [3.8, 4) is 0 Å². The monoisotopic (exact) mass is 184 g/mol. The van der Waals surface area contributed by atoms with Gasteiger partial charge in [0.05, 0.1) is 4.91 Å². The Bertz CT molecular complexity index is 201. The van der Waals surface area contributed by atoms with Crippen molar-refractivity contribution in [2.75, 3.05) is 0 Å². The van der Waals surface area contributed by atoms with Crippen molar-refractivity contribution < 1.29 is 9.53 Å². The molecule has 66 valence electrons. The quantitative estimate of drug-likeness (QED) is 0.426. The summed E-state index contributed by atoms with van der Waals surface area (Å²) in [6.45, 7) is 3.67. The van der Waals surface area contributed by atoms with Gasteiger partial charge in [0, 0.05) is 5.25 Å². The molecule has 1 saturated heterocycles. The third-order valence-electron chi connectivity index (χ3n) is 2.42. The molecule has 0 aromatic carbocycles. The highest BCUT2D eigenvalue weighted by Gasteiger charge is 2.35. The summed E-state index contributed by atoms with van der Waals surface area (Å²) < 4.78 is 5.24. The van der Waals surface area contributed by atoms with Crippen LogP contribution in [0.3, 0.4) is 0 Å².